The van der Waals surface area contributed by atoms with Crippen molar-refractivity contribution in [2.24, 2.45) is 0 Å². The Morgan fingerprint density at radius 3 is 2.89 bits per heavy atom. The van der Waals surface area contributed by atoms with Crippen molar-refractivity contribution in [2.45, 2.75) is 6.54 Å². The second-order valence-electron chi connectivity index (χ2n) is 4.09. The van der Waals surface area contributed by atoms with Crippen molar-refractivity contribution >= 4 is 11.5 Å². The Kier molecular flexibility index (Phi) is 3.44. The molecule has 0 aliphatic carbocycles. The molecule has 0 saturated carbocycles. The van der Waals surface area contributed by atoms with E-state index in [2.05, 4.69) is 11.1 Å². The highest BCUT2D eigenvalue weighted by Gasteiger charge is 2.08. The lowest BCUT2D eigenvalue weighted by molar-refractivity contribution is 0.895. The third-order valence-electron chi connectivity index (χ3n) is 2.64. The fraction of sp³-hybridized carbons (Fsp3) is 0.143. The predicted octanol–water partition coefficient (Wildman–Crippen LogP) is 2.17. The molecular formula is C14H14N4. The SMILES string of the molecule is CN(Cc1cccc(N)c1)c1ncccc1C#N. The second kappa shape index (κ2) is 5.19. The Morgan fingerprint density at radius 2 is 2.17 bits per heavy atom. The van der Waals surface area contributed by atoms with Crippen LogP contribution in [0.4, 0.5) is 11.5 Å². The molecule has 0 atom stereocenters. The first-order valence-corrected chi connectivity index (χ1v) is 5.61. The summed E-state index contributed by atoms with van der Waals surface area (Å²) >= 11 is 0. The van der Waals surface area contributed by atoms with Gasteiger partial charge in [0, 0.05) is 25.5 Å². The van der Waals surface area contributed by atoms with E-state index in [9.17, 15) is 0 Å². The van der Waals surface area contributed by atoms with E-state index >= 15 is 0 Å². The van der Waals surface area contributed by atoms with Gasteiger partial charge in [0.25, 0.3) is 0 Å². The molecule has 1 aromatic heterocycles. The van der Waals surface area contributed by atoms with E-state index in [4.69, 9.17) is 11.0 Å². The number of nitrogens with zero attached hydrogens (tertiary/aromatic N) is 3. The second-order valence-corrected chi connectivity index (χ2v) is 4.09. The van der Waals surface area contributed by atoms with Gasteiger partial charge in [-0.15, -0.1) is 0 Å². The number of rotatable bonds is 3. The van der Waals surface area contributed by atoms with Crippen molar-refractivity contribution in [1.82, 2.24) is 4.98 Å². The van der Waals surface area contributed by atoms with Gasteiger partial charge in [0.1, 0.15) is 11.9 Å². The first-order chi connectivity index (χ1) is 8.70. The third kappa shape index (κ3) is 2.58. The standard InChI is InChI=1S/C14H14N4/c1-18(10-11-4-2-6-13(16)8-11)14-12(9-15)5-3-7-17-14/h2-8H,10,16H2,1H3. The molecule has 1 heterocycles. The molecule has 0 radical (unpaired) electrons. The first-order valence-electron chi connectivity index (χ1n) is 5.61. The van der Waals surface area contributed by atoms with Gasteiger partial charge in [-0.05, 0) is 29.8 Å². The van der Waals surface area contributed by atoms with Gasteiger partial charge >= 0.3 is 0 Å². The van der Waals surface area contributed by atoms with Gasteiger partial charge in [-0.1, -0.05) is 12.1 Å². The fourth-order valence-electron chi connectivity index (χ4n) is 1.83. The fourth-order valence-corrected chi connectivity index (χ4v) is 1.83. The topological polar surface area (TPSA) is 65.9 Å². The summed E-state index contributed by atoms with van der Waals surface area (Å²) < 4.78 is 0. The van der Waals surface area contributed by atoms with Crippen molar-refractivity contribution in [3.05, 3.63) is 53.7 Å². The highest BCUT2D eigenvalue weighted by molar-refractivity contribution is 5.53. The van der Waals surface area contributed by atoms with Gasteiger partial charge < -0.3 is 10.6 Å². The van der Waals surface area contributed by atoms with E-state index in [-0.39, 0.29) is 0 Å². The molecule has 18 heavy (non-hydrogen) atoms. The van der Waals surface area contributed by atoms with Crippen LogP contribution in [-0.4, -0.2) is 12.0 Å². The Bertz CT molecular complexity index is 586. The Morgan fingerprint density at radius 1 is 1.33 bits per heavy atom. The van der Waals surface area contributed by atoms with Gasteiger partial charge in [0.05, 0.1) is 5.56 Å². The minimum absolute atomic E-state index is 0.573. The lowest BCUT2D eigenvalue weighted by atomic mass is 10.2. The summed E-state index contributed by atoms with van der Waals surface area (Å²) in [5, 5.41) is 9.04. The van der Waals surface area contributed by atoms with Gasteiger partial charge in [0.2, 0.25) is 0 Å². The van der Waals surface area contributed by atoms with Crippen LogP contribution in [0.3, 0.4) is 0 Å². The monoisotopic (exact) mass is 238 g/mol. The Balaban J connectivity index is 2.22. The van der Waals surface area contributed by atoms with Crippen LogP contribution in [0.15, 0.2) is 42.6 Å². The van der Waals surface area contributed by atoms with Crippen molar-refractivity contribution in [1.29, 1.82) is 5.26 Å². The number of nitrogens with two attached hydrogens (primary N) is 1. The first kappa shape index (κ1) is 11.9. The highest BCUT2D eigenvalue weighted by Crippen LogP contribution is 2.17. The van der Waals surface area contributed by atoms with Crippen LogP contribution in [0.5, 0.6) is 0 Å². The zero-order chi connectivity index (χ0) is 13.0. The molecule has 0 spiro atoms. The van der Waals surface area contributed by atoms with Crippen LogP contribution in [0.2, 0.25) is 0 Å². The van der Waals surface area contributed by atoms with E-state index in [1.807, 2.05) is 36.2 Å². The number of anilines is 2. The third-order valence-corrected chi connectivity index (χ3v) is 2.64. The number of benzene rings is 1. The van der Waals surface area contributed by atoms with Gasteiger partial charge in [-0.25, -0.2) is 4.98 Å². The maximum atomic E-state index is 9.04. The molecule has 2 rings (SSSR count). The maximum Gasteiger partial charge on any atom is 0.146 e. The molecule has 0 amide bonds. The smallest absolute Gasteiger partial charge is 0.146 e. The predicted molar refractivity (Wildman–Crippen MR) is 71.9 cm³/mol. The average Bonchev–Trinajstić information content (AvgIpc) is 2.38. The van der Waals surface area contributed by atoms with E-state index in [0.717, 1.165) is 11.3 Å². The maximum absolute atomic E-state index is 9.04. The number of nitriles is 1. The summed E-state index contributed by atoms with van der Waals surface area (Å²) in [6.45, 7) is 0.663. The van der Waals surface area contributed by atoms with Crippen LogP contribution >= 0.6 is 0 Å². The number of aromatic nitrogens is 1. The molecule has 90 valence electrons. The summed E-state index contributed by atoms with van der Waals surface area (Å²) in [5.74, 6) is 0.683. The van der Waals surface area contributed by atoms with Crippen molar-refractivity contribution in [3.8, 4) is 6.07 Å². The minimum atomic E-state index is 0.573. The molecule has 2 aromatic rings. The molecule has 1 aromatic carbocycles. The summed E-state index contributed by atoms with van der Waals surface area (Å²) in [6.07, 6.45) is 1.69. The molecule has 0 saturated heterocycles. The van der Waals surface area contributed by atoms with Gasteiger partial charge in [0.15, 0.2) is 0 Å². The summed E-state index contributed by atoms with van der Waals surface area (Å²) in [5.41, 5.74) is 8.14. The van der Waals surface area contributed by atoms with Gasteiger partial charge in [-0.3, -0.25) is 0 Å². The lowest BCUT2D eigenvalue weighted by Gasteiger charge is -2.19. The summed E-state index contributed by atoms with van der Waals surface area (Å²) in [4.78, 5) is 6.18. The lowest BCUT2D eigenvalue weighted by Crippen LogP contribution is -2.18. The molecule has 0 bridgehead atoms. The number of hydrogen-bond donors (Lipinski definition) is 1. The molecule has 4 nitrogen and oxygen atoms in total. The molecule has 0 aliphatic rings. The van der Waals surface area contributed by atoms with Gasteiger partial charge in [-0.2, -0.15) is 5.26 Å². The molecule has 4 heteroatoms. The van der Waals surface area contributed by atoms with E-state index in [0.29, 0.717) is 17.9 Å². The normalized spacial score (nSPS) is 9.78. The Hall–Kier alpha value is -2.54. The van der Waals surface area contributed by atoms with Crippen LogP contribution in [0.1, 0.15) is 11.1 Å². The number of hydrogen-bond acceptors (Lipinski definition) is 4. The van der Waals surface area contributed by atoms with E-state index in [1.165, 1.54) is 0 Å². The molecule has 2 N–H and O–H groups in total. The van der Waals surface area contributed by atoms with E-state index in [1.54, 1.807) is 18.3 Å². The quantitative estimate of drug-likeness (QED) is 0.832. The summed E-state index contributed by atoms with van der Waals surface area (Å²) in [7, 11) is 1.91. The molecular weight excluding hydrogens is 224 g/mol. The Labute approximate surface area is 106 Å². The van der Waals surface area contributed by atoms with Crippen molar-refractivity contribution < 1.29 is 0 Å². The van der Waals surface area contributed by atoms with Crippen LogP contribution in [0.25, 0.3) is 0 Å². The van der Waals surface area contributed by atoms with Crippen LogP contribution in [-0.2, 0) is 6.54 Å². The van der Waals surface area contributed by atoms with Crippen molar-refractivity contribution in [2.75, 3.05) is 17.7 Å². The molecule has 0 aliphatic heterocycles. The van der Waals surface area contributed by atoms with Crippen molar-refractivity contribution in [3.63, 3.8) is 0 Å². The summed E-state index contributed by atoms with van der Waals surface area (Å²) in [6, 6.07) is 13.4. The number of pyridine rings is 1. The van der Waals surface area contributed by atoms with Crippen LogP contribution in [0, 0.1) is 11.3 Å². The molecule has 0 unspecified atom stereocenters. The largest absolute Gasteiger partial charge is 0.399 e. The van der Waals surface area contributed by atoms with E-state index < -0.39 is 0 Å². The highest BCUT2D eigenvalue weighted by atomic mass is 15.2. The number of nitrogen functional groups attached to an aromatic ring is 1. The zero-order valence-corrected chi connectivity index (χ0v) is 10.2. The zero-order valence-electron chi connectivity index (χ0n) is 10.2. The molecule has 0 fully saturated rings. The minimum Gasteiger partial charge on any atom is -0.399 e. The van der Waals surface area contributed by atoms with Crippen LogP contribution < -0.4 is 10.6 Å². The average molecular weight is 238 g/mol.